The van der Waals surface area contributed by atoms with E-state index in [0.717, 1.165) is 27.3 Å². The van der Waals surface area contributed by atoms with E-state index in [2.05, 4.69) is 16.4 Å². The van der Waals surface area contributed by atoms with Gasteiger partial charge in [-0.1, -0.05) is 30.3 Å². The van der Waals surface area contributed by atoms with Gasteiger partial charge in [0.05, 0.1) is 16.5 Å². The van der Waals surface area contributed by atoms with Gasteiger partial charge in [-0.3, -0.25) is 9.10 Å². The molecule has 0 bridgehead atoms. The third-order valence-corrected chi connectivity index (χ3v) is 8.07. The van der Waals surface area contributed by atoms with Crippen molar-refractivity contribution in [2.45, 2.75) is 17.4 Å². The van der Waals surface area contributed by atoms with Crippen LogP contribution >= 0.6 is 0 Å². The lowest BCUT2D eigenvalue weighted by Crippen LogP contribution is -2.38. The van der Waals surface area contributed by atoms with Gasteiger partial charge < -0.3 is 14.7 Å². The minimum Gasteiger partial charge on any atom is -0.461 e. The number of fused-ring (bicyclic) bond motifs is 6. The van der Waals surface area contributed by atoms with Crippen LogP contribution in [0.25, 0.3) is 22.2 Å². The summed E-state index contributed by atoms with van der Waals surface area (Å²) in [5.41, 5.74) is 3.57. The summed E-state index contributed by atoms with van der Waals surface area (Å²) in [6, 6.07) is 14.2. The van der Waals surface area contributed by atoms with Crippen LogP contribution < -0.4 is 15.1 Å². The Labute approximate surface area is 178 Å². The van der Waals surface area contributed by atoms with Crippen molar-refractivity contribution in [3.63, 3.8) is 0 Å². The van der Waals surface area contributed by atoms with E-state index in [4.69, 9.17) is 4.42 Å². The molecular weight excluding hydrogens is 414 g/mol. The number of hydrogen-bond donors (Lipinski definition) is 2. The number of hydrogen-bond acceptors (Lipinski definition) is 5. The van der Waals surface area contributed by atoms with Gasteiger partial charge in [0.1, 0.15) is 12.0 Å². The highest BCUT2D eigenvalue weighted by Gasteiger charge is 2.38. The van der Waals surface area contributed by atoms with Crippen LogP contribution in [0.4, 0.5) is 5.69 Å². The molecule has 0 fully saturated rings. The molecular formula is C23H19N3O4S. The standard InChI is InChI=1S/C23H19N3O4S/c1-26-21-22(27)16(12-30-23(21)15-7-3-5-9-18(15)31(26,28)29)19-20-14(10-11-24-19)13-6-2-4-8-17(13)25-20/h2-9,12,19,24-25H,10-11H2,1H3. The quantitative estimate of drug-likeness (QED) is 0.481. The molecule has 156 valence electrons. The number of benzene rings is 2. The molecule has 6 rings (SSSR count). The average molecular weight is 433 g/mol. The molecule has 1 unspecified atom stereocenters. The summed E-state index contributed by atoms with van der Waals surface area (Å²) in [7, 11) is -2.44. The van der Waals surface area contributed by atoms with Crippen molar-refractivity contribution >= 4 is 26.6 Å². The second-order valence-electron chi connectivity index (χ2n) is 7.87. The molecule has 0 saturated heterocycles. The molecule has 2 N–H and O–H groups in total. The average Bonchev–Trinajstić information content (AvgIpc) is 3.17. The molecule has 2 aliphatic rings. The van der Waals surface area contributed by atoms with Gasteiger partial charge in [0.25, 0.3) is 10.0 Å². The number of para-hydroxylation sites is 1. The minimum absolute atomic E-state index is 0.0428. The molecule has 2 aromatic carbocycles. The molecule has 4 heterocycles. The summed E-state index contributed by atoms with van der Waals surface area (Å²) >= 11 is 0. The zero-order chi connectivity index (χ0) is 21.3. The van der Waals surface area contributed by atoms with Crippen LogP contribution in [-0.4, -0.2) is 27.0 Å². The van der Waals surface area contributed by atoms with Crippen LogP contribution in [-0.2, 0) is 16.4 Å². The van der Waals surface area contributed by atoms with Gasteiger partial charge in [0.2, 0.25) is 5.43 Å². The van der Waals surface area contributed by atoms with E-state index in [9.17, 15) is 13.2 Å². The lowest BCUT2D eigenvalue weighted by molar-refractivity contribution is 0.510. The molecule has 7 nitrogen and oxygen atoms in total. The summed E-state index contributed by atoms with van der Waals surface area (Å²) in [6.07, 6.45) is 2.30. The van der Waals surface area contributed by atoms with Crippen molar-refractivity contribution in [2.75, 3.05) is 17.9 Å². The molecule has 0 radical (unpaired) electrons. The van der Waals surface area contributed by atoms with E-state index in [1.165, 1.54) is 24.9 Å². The first kappa shape index (κ1) is 18.4. The molecule has 0 saturated carbocycles. The van der Waals surface area contributed by atoms with Gasteiger partial charge in [0, 0.05) is 35.8 Å². The Morgan fingerprint density at radius 2 is 1.87 bits per heavy atom. The number of aromatic nitrogens is 1. The van der Waals surface area contributed by atoms with Gasteiger partial charge in [-0.15, -0.1) is 0 Å². The van der Waals surface area contributed by atoms with Crippen molar-refractivity contribution in [1.82, 2.24) is 10.3 Å². The smallest absolute Gasteiger partial charge is 0.265 e. The van der Waals surface area contributed by atoms with Crippen molar-refractivity contribution < 1.29 is 12.8 Å². The van der Waals surface area contributed by atoms with E-state index in [-0.39, 0.29) is 21.8 Å². The molecule has 2 aromatic heterocycles. The van der Waals surface area contributed by atoms with E-state index < -0.39 is 16.1 Å². The van der Waals surface area contributed by atoms with Crippen molar-refractivity contribution in [3.05, 3.63) is 81.8 Å². The first-order valence-corrected chi connectivity index (χ1v) is 11.5. The van der Waals surface area contributed by atoms with Gasteiger partial charge in [-0.25, -0.2) is 8.42 Å². The largest absolute Gasteiger partial charge is 0.461 e. The fourth-order valence-corrected chi connectivity index (χ4v) is 6.13. The molecule has 31 heavy (non-hydrogen) atoms. The van der Waals surface area contributed by atoms with Gasteiger partial charge in [0.15, 0.2) is 5.76 Å². The summed E-state index contributed by atoms with van der Waals surface area (Å²) in [4.78, 5) is 17.2. The lowest BCUT2D eigenvalue weighted by Gasteiger charge is -2.29. The molecule has 1 atom stereocenters. The summed E-state index contributed by atoms with van der Waals surface area (Å²) < 4.78 is 33.1. The van der Waals surface area contributed by atoms with Gasteiger partial charge in [-0.2, -0.15) is 0 Å². The molecule has 0 aliphatic carbocycles. The van der Waals surface area contributed by atoms with Crippen molar-refractivity contribution in [2.24, 2.45) is 0 Å². The Morgan fingerprint density at radius 1 is 1.10 bits per heavy atom. The normalized spacial score (nSPS) is 19.0. The first-order chi connectivity index (χ1) is 15.0. The molecule has 0 spiro atoms. The van der Waals surface area contributed by atoms with Gasteiger partial charge in [-0.05, 0) is 30.2 Å². The lowest BCUT2D eigenvalue weighted by atomic mass is 9.94. The number of rotatable bonds is 1. The van der Waals surface area contributed by atoms with Crippen LogP contribution in [0, 0.1) is 0 Å². The number of anilines is 1. The molecule has 8 heteroatoms. The van der Waals surface area contributed by atoms with Gasteiger partial charge >= 0.3 is 0 Å². The van der Waals surface area contributed by atoms with Crippen molar-refractivity contribution in [1.29, 1.82) is 0 Å². The zero-order valence-electron chi connectivity index (χ0n) is 16.7. The third-order valence-electron chi connectivity index (χ3n) is 6.25. The summed E-state index contributed by atoms with van der Waals surface area (Å²) in [5, 5.41) is 4.53. The second kappa shape index (κ2) is 6.32. The zero-order valence-corrected chi connectivity index (χ0v) is 17.5. The maximum Gasteiger partial charge on any atom is 0.265 e. The number of nitrogens with zero attached hydrogens (tertiary/aromatic N) is 1. The highest BCUT2D eigenvalue weighted by molar-refractivity contribution is 7.93. The van der Waals surface area contributed by atoms with E-state index in [1.807, 2.05) is 18.2 Å². The third kappa shape index (κ3) is 2.43. The fourth-order valence-electron chi connectivity index (χ4n) is 4.74. The van der Waals surface area contributed by atoms with Crippen LogP contribution in [0.1, 0.15) is 22.9 Å². The van der Waals surface area contributed by atoms with E-state index >= 15 is 0 Å². The predicted octanol–water partition coefficient (Wildman–Crippen LogP) is 3.16. The summed E-state index contributed by atoms with van der Waals surface area (Å²) in [6.45, 7) is 0.701. The molecule has 2 aliphatic heterocycles. The Kier molecular flexibility index (Phi) is 3.75. The topological polar surface area (TPSA) is 95.4 Å². The van der Waals surface area contributed by atoms with Crippen LogP contribution in [0.15, 0.2) is 68.9 Å². The first-order valence-electron chi connectivity index (χ1n) is 10.1. The Bertz CT molecular complexity index is 1530. The SMILES string of the molecule is CN1c2c(occ(C3NCCc4c3[nH]c3ccccc43)c2=O)-c2ccccc2S1(=O)=O. The van der Waals surface area contributed by atoms with E-state index in [1.54, 1.807) is 18.2 Å². The molecule has 4 aromatic rings. The van der Waals surface area contributed by atoms with Crippen LogP contribution in [0.5, 0.6) is 0 Å². The number of aromatic amines is 1. The molecule has 0 amide bonds. The van der Waals surface area contributed by atoms with Crippen molar-refractivity contribution in [3.8, 4) is 11.3 Å². The number of nitrogens with one attached hydrogen (secondary N) is 2. The minimum atomic E-state index is -3.84. The second-order valence-corrected chi connectivity index (χ2v) is 9.80. The van der Waals surface area contributed by atoms with E-state index in [0.29, 0.717) is 17.7 Å². The highest BCUT2D eigenvalue weighted by atomic mass is 32.2. The maximum atomic E-state index is 13.6. The van der Waals surface area contributed by atoms with Crippen LogP contribution in [0.3, 0.4) is 0 Å². The summed E-state index contributed by atoms with van der Waals surface area (Å²) in [5.74, 6) is 0.273. The Morgan fingerprint density at radius 3 is 2.74 bits per heavy atom. The highest BCUT2D eigenvalue weighted by Crippen LogP contribution is 2.41. The number of H-pyrrole nitrogens is 1. The Balaban J connectivity index is 1.59. The predicted molar refractivity (Wildman–Crippen MR) is 118 cm³/mol. The van der Waals surface area contributed by atoms with Crippen LogP contribution in [0.2, 0.25) is 0 Å². The Hall–Kier alpha value is -3.36. The number of sulfonamides is 1. The maximum absolute atomic E-state index is 13.6. The fraction of sp³-hybridized carbons (Fsp3) is 0.174. The monoisotopic (exact) mass is 433 g/mol.